The highest BCUT2D eigenvalue weighted by molar-refractivity contribution is 6.17. The molecule has 0 fully saturated rings. The standard InChI is InChI=1S/C10H9ClF2O3/c11-3-4-16-9(10(14)15)7-5-6(12)1-2-8(7)13/h1-2,5,9H,3-4H2,(H,14,15). The van der Waals surface area contributed by atoms with Crippen LogP contribution in [-0.2, 0) is 9.53 Å². The molecule has 0 heterocycles. The first-order chi connectivity index (χ1) is 7.56. The Morgan fingerprint density at radius 2 is 2.19 bits per heavy atom. The van der Waals surface area contributed by atoms with Gasteiger partial charge in [-0.1, -0.05) is 0 Å². The van der Waals surface area contributed by atoms with Crippen molar-refractivity contribution < 1.29 is 23.4 Å². The van der Waals surface area contributed by atoms with Crippen LogP contribution in [0.1, 0.15) is 11.7 Å². The summed E-state index contributed by atoms with van der Waals surface area (Å²) in [4.78, 5) is 10.8. The number of alkyl halides is 1. The Morgan fingerprint density at radius 3 is 2.75 bits per heavy atom. The third-order valence-corrected chi connectivity index (χ3v) is 1.98. The largest absolute Gasteiger partial charge is 0.479 e. The predicted octanol–water partition coefficient (Wildman–Crippen LogP) is 2.35. The lowest BCUT2D eigenvalue weighted by Gasteiger charge is -2.13. The van der Waals surface area contributed by atoms with Gasteiger partial charge >= 0.3 is 5.97 Å². The fourth-order valence-corrected chi connectivity index (χ4v) is 1.26. The molecule has 0 saturated heterocycles. The van der Waals surface area contributed by atoms with Crippen LogP contribution in [0.5, 0.6) is 0 Å². The maximum absolute atomic E-state index is 13.3. The van der Waals surface area contributed by atoms with Gasteiger partial charge in [0.25, 0.3) is 0 Å². The summed E-state index contributed by atoms with van der Waals surface area (Å²) in [5.74, 6) is -2.88. The second kappa shape index (κ2) is 5.77. The summed E-state index contributed by atoms with van der Waals surface area (Å²) >= 11 is 5.32. The smallest absolute Gasteiger partial charge is 0.337 e. The van der Waals surface area contributed by atoms with Crippen molar-refractivity contribution in [3.05, 3.63) is 35.4 Å². The first kappa shape index (κ1) is 12.9. The van der Waals surface area contributed by atoms with Crippen LogP contribution >= 0.6 is 11.6 Å². The molecule has 1 aromatic rings. The van der Waals surface area contributed by atoms with Gasteiger partial charge in [-0.2, -0.15) is 0 Å². The summed E-state index contributed by atoms with van der Waals surface area (Å²) in [5.41, 5.74) is -0.349. The Balaban J connectivity index is 3.00. The molecular formula is C10H9ClF2O3. The Bertz CT molecular complexity index is 384. The lowest BCUT2D eigenvalue weighted by molar-refractivity contribution is -0.150. The highest BCUT2D eigenvalue weighted by Gasteiger charge is 2.24. The zero-order valence-electron chi connectivity index (χ0n) is 8.12. The van der Waals surface area contributed by atoms with Gasteiger partial charge in [0.05, 0.1) is 6.61 Å². The number of hydrogen-bond donors (Lipinski definition) is 1. The molecule has 1 aromatic carbocycles. The normalized spacial score (nSPS) is 12.4. The molecule has 0 spiro atoms. The van der Waals surface area contributed by atoms with Crippen LogP contribution in [0.25, 0.3) is 0 Å². The Hall–Kier alpha value is -1.20. The second-order valence-corrected chi connectivity index (χ2v) is 3.32. The molecule has 88 valence electrons. The van der Waals surface area contributed by atoms with Crippen molar-refractivity contribution in [2.45, 2.75) is 6.10 Å². The minimum atomic E-state index is -1.55. The molecule has 0 bridgehead atoms. The van der Waals surface area contributed by atoms with E-state index in [1.54, 1.807) is 0 Å². The number of carboxylic acids is 1. The maximum atomic E-state index is 13.3. The summed E-state index contributed by atoms with van der Waals surface area (Å²) in [6.07, 6.45) is -1.55. The summed E-state index contributed by atoms with van der Waals surface area (Å²) in [6, 6.07) is 2.55. The molecule has 0 radical (unpaired) electrons. The number of carboxylic acid groups (broad SMARTS) is 1. The van der Waals surface area contributed by atoms with Crippen molar-refractivity contribution in [1.82, 2.24) is 0 Å². The number of halogens is 3. The topological polar surface area (TPSA) is 46.5 Å². The SMILES string of the molecule is O=C(O)C(OCCCl)c1cc(F)ccc1F. The van der Waals surface area contributed by atoms with Gasteiger partial charge in [-0.05, 0) is 18.2 Å². The Morgan fingerprint density at radius 1 is 1.50 bits per heavy atom. The van der Waals surface area contributed by atoms with Crippen LogP contribution in [0.3, 0.4) is 0 Å². The second-order valence-electron chi connectivity index (χ2n) is 2.94. The molecule has 0 aliphatic carbocycles. The van der Waals surface area contributed by atoms with Crippen LogP contribution < -0.4 is 0 Å². The van der Waals surface area contributed by atoms with Gasteiger partial charge in [-0.3, -0.25) is 0 Å². The maximum Gasteiger partial charge on any atom is 0.337 e. The van der Waals surface area contributed by atoms with E-state index in [2.05, 4.69) is 0 Å². The summed E-state index contributed by atoms with van der Waals surface area (Å²) in [5, 5.41) is 8.81. The van der Waals surface area contributed by atoms with Gasteiger partial charge in [0.2, 0.25) is 0 Å². The zero-order chi connectivity index (χ0) is 12.1. The number of carbonyl (C=O) groups is 1. The van der Waals surface area contributed by atoms with Crippen LogP contribution in [0.2, 0.25) is 0 Å². The highest BCUT2D eigenvalue weighted by atomic mass is 35.5. The van der Waals surface area contributed by atoms with Crippen molar-refractivity contribution in [2.24, 2.45) is 0 Å². The van der Waals surface area contributed by atoms with E-state index in [1.807, 2.05) is 0 Å². The number of aliphatic carboxylic acids is 1. The monoisotopic (exact) mass is 250 g/mol. The molecule has 1 unspecified atom stereocenters. The number of rotatable bonds is 5. The minimum absolute atomic E-state index is 0.0610. The fraction of sp³-hybridized carbons (Fsp3) is 0.300. The Kier molecular flexibility index (Phi) is 4.64. The number of hydrogen-bond acceptors (Lipinski definition) is 2. The van der Waals surface area contributed by atoms with Gasteiger partial charge in [0.1, 0.15) is 11.6 Å². The number of benzene rings is 1. The average molecular weight is 251 g/mol. The lowest BCUT2D eigenvalue weighted by atomic mass is 10.1. The lowest BCUT2D eigenvalue weighted by Crippen LogP contribution is -2.18. The first-order valence-electron chi connectivity index (χ1n) is 4.41. The quantitative estimate of drug-likeness (QED) is 0.816. The van der Waals surface area contributed by atoms with E-state index in [1.165, 1.54) is 0 Å². The third-order valence-electron chi connectivity index (χ3n) is 1.83. The van der Waals surface area contributed by atoms with E-state index in [-0.39, 0.29) is 18.1 Å². The molecule has 0 amide bonds. The molecular weight excluding hydrogens is 242 g/mol. The molecule has 16 heavy (non-hydrogen) atoms. The van der Waals surface area contributed by atoms with Gasteiger partial charge in [-0.25, -0.2) is 13.6 Å². The molecule has 0 aliphatic rings. The van der Waals surface area contributed by atoms with Crippen LogP contribution in [0.4, 0.5) is 8.78 Å². The summed E-state index contributed by atoms with van der Waals surface area (Å²) < 4.78 is 31.0. The summed E-state index contributed by atoms with van der Waals surface area (Å²) in [6.45, 7) is -0.0610. The first-order valence-corrected chi connectivity index (χ1v) is 4.95. The van der Waals surface area contributed by atoms with Gasteiger partial charge < -0.3 is 9.84 Å². The van der Waals surface area contributed by atoms with Crippen molar-refractivity contribution >= 4 is 17.6 Å². The summed E-state index contributed by atoms with van der Waals surface area (Å²) in [7, 11) is 0. The Labute approximate surface area is 95.6 Å². The van der Waals surface area contributed by atoms with Crippen LogP contribution in [-0.4, -0.2) is 23.6 Å². The van der Waals surface area contributed by atoms with E-state index in [9.17, 15) is 13.6 Å². The van der Waals surface area contributed by atoms with E-state index in [0.29, 0.717) is 0 Å². The van der Waals surface area contributed by atoms with Crippen molar-refractivity contribution in [3.8, 4) is 0 Å². The molecule has 0 aromatic heterocycles. The molecule has 0 saturated carbocycles. The van der Waals surface area contributed by atoms with E-state index >= 15 is 0 Å². The van der Waals surface area contributed by atoms with Crippen LogP contribution in [0.15, 0.2) is 18.2 Å². The van der Waals surface area contributed by atoms with Crippen molar-refractivity contribution in [2.75, 3.05) is 12.5 Å². The molecule has 3 nitrogen and oxygen atoms in total. The van der Waals surface area contributed by atoms with Crippen molar-refractivity contribution in [1.29, 1.82) is 0 Å². The van der Waals surface area contributed by atoms with E-state index in [4.69, 9.17) is 21.4 Å². The molecule has 0 aliphatic heterocycles. The highest BCUT2D eigenvalue weighted by Crippen LogP contribution is 2.22. The van der Waals surface area contributed by atoms with Crippen LogP contribution in [0, 0.1) is 11.6 Å². The average Bonchev–Trinajstić information content (AvgIpc) is 2.23. The zero-order valence-corrected chi connectivity index (χ0v) is 8.88. The molecule has 1 rings (SSSR count). The molecule has 6 heteroatoms. The van der Waals surface area contributed by atoms with Gasteiger partial charge in [0.15, 0.2) is 6.10 Å². The molecule has 1 atom stereocenters. The van der Waals surface area contributed by atoms with Crippen molar-refractivity contribution in [3.63, 3.8) is 0 Å². The van der Waals surface area contributed by atoms with E-state index in [0.717, 1.165) is 18.2 Å². The number of ether oxygens (including phenoxy) is 1. The van der Waals surface area contributed by atoms with Gasteiger partial charge in [-0.15, -0.1) is 11.6 Å². The molecule has 1 N–H and O–H groups in total. The van der Waals surface area contributed by atoms with E-state index < -0.39 is 23.7 Å². The minimum Gasteiger partial charge on any atom is -0.479 e. The van der Waals surface area contributed by atoms with Gasteiger partial charge in [0, 0.05) is 11.4 Å². The predicted molar refractivity (Wildman–Crippen MR) is 53.4 cm³/mol. The fourth-order valence-electron chi connectivity index (χ4n) is 1.17. The third kappa shape index (κ3) is 3.15.